The lowest BCUT2D eigenvalue weighted by molar-refractivity contribution is -0.695. The lowest BCUT2D eigenvalue weighted by Crippen LogP contribution is -2.93. The number of rotatable bonds is 5. The molecule has 1 aliphatic heterocycles. The first-order valence-corrected chi connectivity index (χ1v) is 6.48. The van der Waals surface area contributed by atoms with Crippen LogP contribution in [0.2, 0.25) is 0 Å². The summed E-state index contributed by atoms with van der Waals surface area (Å²) < 4.78 is 4.96. The Labute approximate surface area is 108 Å². The van der Waals surface area contributed by atoms with Gasteiger partial charge in [0.25, 0.3) is 5.91 Å². The van der Waals surface area contributed by atoms with E-state index in [1.165, 1.54) is 11.1 Å². The van der Waals surface area contributed by atoms with Crippen LogP contribution in [0.15, 0.2) is 24.3 Å². The summed E-state index contributed by atoms with van der Waals surface area (Å²) in [5.41, 5.74) is 2.65. The van der Waals surface area contributed by atoms with Gasteiger partial charge in [0, 0.05) is 32.2 Å². The largest absolute Gasteiger partial charge is 0.385 e. The summed E-state index contributed by atoms with van der Waals surface area (Å²) in [7, 11) is 1.67. The molecule has 0 unspecified atom stereocenters. The third-order valence-corrected chi connectivity index (χ3v) is 3.34. The Balaban J connectivity index is 1.83. The van der Waals surface area contributed by atoms with E-state index in [-0.39, 0.29) is 11.9 Å². The van der Waals surface area contributed by atoms with Gasteiger partial charge in [0.05, 0.1) is 0 Å². The van der Waals surface area contributed by atoms with Crippen LogP contribution in [0.3, 0.4) is 0 Å². The van der Waals surface area contributed by atoms with Crippen molar-refractivity contribution in [2.24, 2.45) is 0 Å². The predicted molar refractivity (Wildman–Crippen MR) is 69.1 cm³/mol. The molecule has 1 amide bonds. The molecule has 4 heteroatoms. The monoisotopic (exact) mass is 249 g/mol. The van der Waals surface area contributed by atoms with Gasteiger partial charge in [0.1, 0.15) is 6.54 Å². The van der Waals surface area contributed by atoms with E-state index in [0.29, 0.717) is 13.2 Å². The minimum absolute atomic E-state index is 0.0162. The number of carbonyl (C=O) groups excluding carboxylic acids is 1. The number of nitrogens with two attached hydrogens (primary N) is 1. The van der Waals surface area contributed by atoms with Crippen LogP contribution in [0.5, 0.6) is 0 Å². The molecule has 98 valence electrons. The molecule has 0 saturated heterocycles. The molecule has 1 aromatic rings. The molecule has 2 rings (SSSR count). The number of carbonyl (C=O) groups is 1. The van der Waals surface area contributed by atoms with Gasteiger partial charge in [0.2, 0.25) is 0 Å². The number of benzene rings is 1. The van der Waals surface area contributed by atoms with Crippen LogP contribution in [0.4, 0.5) is 0 Å². The van der Waals surface area contributed by atoms with Crippen molar-refractivity contribution in [3.05, 3.63) is 35.4 Å². The lowest BCUT2D eigenvalue weighted by atomic mass is 9.95. The van der Waals surface area contributed by atoms with Gasteiger partial charge in [-0.05, 0) is 12.0 Å². The second-order valence-corrected chi connectivity index (χ2v) is 4.66. The highest BCUT2D eigenvalue weighted by Crippen LogP contribution is 2.12. The van der Waals surface area contributed by atoms with Crippen molar-refractivity contribution in [3.63, 3.8) is 0 Å². The second kappa shape index (κ2) is 6.52. The first-order valence-electron chi connectivity index (χ1n) is 6.48. The minimum atomic E-state index is 0.0162. The quantitative estimate of drug-likeness (QED) is 0.712. The number of methoxy groups -OCH3 is 1. The third-order valence-electron chi connectivity index (χ3n) is 3.34. The highest BCUT2D eigenvalue weighted by Gasteiger charge is 2.26. The molecule has 0 aliphatic carbocycles. The first kappa shape index (κ1) is 13.1. The third kappa shape index (κ3) is 3.31. The predicted octanol–water partition coefficient (Wildman–Crippen LogP) is -0.173. The number of quaternary nitrogens is 1. The SMILES string of the molecule is COCCCNC(=O)[C@@H]1Cc2ccccc2C[NH2+]1. The van der Waals surface area contributed by atoms with Crippen LogP contribution in [-0.4, -0.2) is 32.2 Å². The molecule has 0 aromatic heterocycles. The normalized spacial score (nSPS) is 18.2. The molecule has 0 bridgehead atoms. The highest BCUT2D eigenvalue weighted by molar-refractivity contribution is 5.80. The Hall–Kier alpha value is -1.39. The zero-order valence-electron chi connectivity index (χ0n) is 10.8. The molecule has 3 N–H and O–H groups in total. The van der Waals surface area contributed by atoms with E-state index in [1.807, 2.05) is 6.07 Å². The average Bonchev–Trinajstić information content (AvgIpc) is 2.43. The van der Waals surface area contributed by atoms with Crippen LogP contribution in [0.1, 0.15) is 17.5 Å². The van der Waals surface area contributed by atoms with Crippen molar-refractivity contribution in [2.75, 3.05) is 20.3 Å². The van der Waals surface area contributed by atoms with E-state index in [4.69, 9.17) is 4.74 Å². The van der Waals surface area contributed by atoms with Gasteiger partial charge < -0.3 is 15.4 Å². The van der Waals surface area contributed by atoms with Crippen LogP contribution in [-0.2, 0) is 22.5 Å². The number of hydrogen-bond donors (Lipinski definition) is 2. The molecule has 1 heterocycles. The number of amides is 1. The van der Waals surface area contributed by atoms with Crippen LogP contribution in [0.25, 0.3) is 0 Å². The van der Waals surface area contributed by atoms with Crippen molar-refractivity contribution in [1.82, 2.24) is 5.32 Å². The fourth-order valence-corrected chi connectivity index (χ4v) is 2.30. The van der Waals surface area contributed by atoms with Crippen LogP contribution in [0, 0.1) is 0 Å². The molecule has 0 spiro atoms. The molecule has 1 aromatic carbocycles. The molecule has 0 radical (unpaired) electrons. The fraction of sp³-hybridized carbons (Fsp3) is 0.500. The Morgan fingerprint density at radius 2 is 2.22 bits per heavy atom. The summed E-state index contributed by atoms with van der Waals surface area (Å²) in [5.74, 6) is 0.139. The Morgan fingerprint density at radius 3 is 3.00 bits per heavy atom. The fourth-order valence-electron chi connectivity index (χ4n) is 2.30. The average molecular weight is 249 g/mol. The van der Waals surface area contributed by atoms with E-state index in [1.54, 1.807) is 7.11 Å². The van der Waals surface area contributed by atoms with Crippen molar-refractivity contribution < 1.29 is 14.8 Å². The number of fused-ring (bicyclic) bond motifs is 1. The minimum Gasteiger partial charge on any atom is -0.385 e. The molecule has 4 nitrogen and oxygen atoms in total. The van der Waals surface area contributed by atoms with Crippen molar-refractivity contribution in [3.8, 4) is 0 Å². The summed E-state index contributed by atoms with van der Waals surface area (Å²) in [6, 6.07) is 8.36. The summed E-state index contributed by atoms with van der Waals surface area (Å²) in [4.78, 5) is 12.0. The molecule has 0 fully saturated rings. The van der Waals surface area contributed by atoms with E-state index in [9.17, 15) is 4.79 Å². The van der Waals surface area contributed by atoms with E-state index < -0.39 is 0 Å². The van der Waals surface area contributed by atoms with Gasteiger partial charge >= 0.3 is 0 Å². The van der Waals surface area contributed by atoms with Crippen molar-refractivity contribution in [2.45, 2.75) is 25.4 Å². The number of hydrogen-bond acceptors (Lipinski definition) is 2. The van der Waals surface area contributed by atoms with Gasteiger partial charge in [0.15, 0.2) is 6.04 Å². The van der Waals surface area contributed by atoms with Gasteiger partial charge in [-0.2, -0.15) is 0 Å². The van der Waals surface area contributed by atoms with Crippen LogP contribution < -0.4 is 10.6 Å². The molecular formula is C14H21N2O2+. The van der Waals surface area contributed by atoms with Crippen LogP contribution >= 0.6 is 0 Å². The zero-order valence-corrected chi connectivity index (χ0v) is 10.8. The van der Waals surface area contributed by atoms with Gasteiger partial charge in [-0.3, -0.25) is 4.79 Å². The maximum atomic E-state index is 12.0. The summed E-state index contributed by atoms with van der Waals surface area (Å²) in [5, 5.41) is 5.09. The molecule has 1 aliphatic rings. The summed E-state index contributed by atoms with van der Waals surface area (Å²) in [6.45, 7) is 2.28. The molecular weight excluding hydrogens is 228 g/mol. The lowest BCUT2D eigenvalue weighted by Gasteiger charge is -2.22. The Kier molecular flexibility index (Phi) is 4.73. The Morgan fingerprint density at radius 1 is 1.44 bits per heavy atom. The second-order valence-electron chi connectivity index (χ2n) is 4.66. The van der Waals surface area contributed by atoms with Crippen molar-refractivity contribution >= 4 is 5.91 Å². The standard InChI is InChI=1S/C14H20N2O2/c1-18-8-4-7-15-14(17)13-9-11-5-2-3-6-12(11)10-16-13/h2-3,5-6,13,16H,4,7-10H2,1H3,(H,15,17)/p+1/t13-/m0/s1. The molecule has 0 saturated carbocycles. The zero-order chi connectivity index (χ0) is 12.8. The number of nitrogens with one attached hydrogen (secondary N) is 1. The Bertz CT molecular complexity index is 407. The molecule has 18 heavy (non-hydrogen) atoms. The highest BCUT2D eigenvalue weighted by atomic mass is 16.5. The van der Waals surface area contributed by atoms with Gasteiger partial charge in [-0.25, -0.2) is 0 Å². The topological polar surface area (TPSA) is 54.9 Å². The number of ether oxygens (including phenoxy) is 1. The van der Waals surface area contributed by atoms with E-state index in [0.717, 1.165) is 19.4 Å². The summed E-state index contributed by atoms with van der Waals surface area (Å²) >= 11 is 0. The van der Waals surface area contributed by atoms with Gasteiger partial charge in [-0.15, -0.1) is 0 Å². The van der Waals surface area contributed by atoms with E-state index in [2.05, 4.69) is 28.8 Å². The van der Waals surface area contributed by atoms with Crippen molar-refractivity contribution in [1.29, 1.82) is 0 Å². The van der Waals surface area contributed by atoms with Gasteiger partial charge in [-0.1, -0.05) is 24.3 Å². The molecule has 1 atom stereocenters. The van der Waals surface area contributed by atoms with E-state index >= 15 is 0 Å². The smallest absolute Gasteiger partial charge is 0.278 e. The first-order chi connectivity index (χ1) is 8.81. The maximum absolute atomic E-state index is 12.0. The maximum Gasteiger partial charge on any atom is 0.278 e. The summed E-state index contributed by atoms with van der Waals surface area (Å²) in [6.07, 6.45) is 1.69.